The molecule has 204 valence electrons. The van der Waals surface area contributed by atoms with Gasteiger partial charge in [-0.3, -0.25) is 29.3 Å². The van der Waals surface area contributed by atoms with Crippen LogP contribution in [0.15, 0.2) is 73.1 Å². The number of ether oxygens (including phenoxy) is 2. The Morgan fingerprint density at radius 3 is 1.60 bits per heavy atom. The molecule has 2 bridgehead atoms. The van der Waals surface area contributed by atoms with Crippen molar-refractivity contribution in [3.8, 4) is 0 Å². The first-order chi connectivity index (χ1) is 19.3. The minimum atomic E-state index is -1.71. The molecule has 2 fully saturated rings. The summed E-state index contributed by atoms with van der Waals surface area (Å²) in [4.78, 5) is 55.9. The number of hydrogen-bond donors (Lipinski definition) is 0. The van der Waals surface area contributed by atoms with Crippen molar-refractivity contribution < 1.29 is 23.9 Å². The molecule has 2 aromatic carbocycles. The van der Waals surface area contributed by atoms with Crippen molar-refractivity contribution in [3.63, 3.8) is 0 Å². The Bertz CT molecular complexity index is 1540. The Kier molecular flexibility index (Phi) is 6.16. The second-order valence-electron chi connectivity index (χ2n) is 10.7. The van der Waals surface area contributed by atoms with Crippen LogP contribution in [0.25, 0.3) is 21.8 Å². The fourth-order valence-electron chi connectivity index (χ4n) is 7.30. The average Bonchev–Trinajstić information content (AvgIpc) is 2.98. The van der Waals surface area contributed by atoms with Crippen LogP contribution in [0.5, 0.6) is 0 Å². The summed E-state index contributed by atoms with van der Waals surface area (Å²) in [7, 11) is 6.25. The van der Waals surface area contributed by atoms with Crippen molar-refractivity contribution in [2.45, 2.75) is 12.1 Å². The van der Waals surface area contributed by atoms with E-state index in [1.54, 1.807) is 12.4 Å². The van der Waals surface area contributed by atoms with Crippen LogP contribution in [0, 0.1) is 10.8 Å². The van der Waals surface area contributed by atoms with Crippen molar-refractivity contribution in [1.82, 2.24) is 19.8 Å². The third-order valence-corrected chi connectivity index (χ3v) is 8.65. The first-order valence-electron chi connectivity index (χ1n) is 13.1. The maximum absolute atomic E-state index is 15.1. The quantitative estimate of drug-likeness (QED) is 0.286. The number of esters is 2. The number of Topliss-reactive ketones (excluding diaryl/α,β-unsaturated/α-hetero) is 1. The van der Waals surface area contributed by atoms with Crippen LogP contribution >= 0.6 is 0 Å². The minimum absolute atomic E-state index is 0.0761. The number of aromatic nitrogens is 2. The molecule has 0 N–H and O–H groups in total. The molecule has 40 heavy (non-hydrogen) atoms. The summed E-state index contributed by atoms with van der Waals surface area (Å²) >= 11 is 0. The first-order valence-corrected chi connectivity index (χ1v) is 13.1. The number of piperidine rings is 2. The van der Waals surface area contributed by atoms with Gasteiger partial charge in [0.1, 0.15) is 0 Å². The molecule has 2 aliphatic heterocycles. The number of hydrogen-bond acceptors (Lipinski definition) is 9. The molecule has 2 saturated heterocycles. The lowest BCUT2D eigenvalue weighted by molar-refractivity contribution is -0.202. The number of rotatable bonds is 4. The van der Waals surface area contributed by atoms with Crippen molar-refractivity contribution in [2.24, 2.45) is 10.8 Å². The van der Waals surface area contributed by atoms with E-state index in [-0.39, 0.29) is 13.1 Å². The highest BCUT2D eigenvalue weighted by atomic mass is 16.5. The minimum Gasteiger partial charge on any atom is -0.468 e. The molecule has 0 spiro atoms. The Morgan fingerprint density at radius 1 is 0.750 bits per heavy atom. The van der Waals surface area contributed by atoms with Gasteiger partial charge in [0.05, 0.1) is 37.3 Å². The second-order valence-corrected chi connectivity index (χ2v) is 10.7. The highest BCUT2D eigenvalue weighted by molar-refractivity contribution is 6.18. The molecule has 4 heterocycles. The summed E-state index contributed by atoms with van der Waals surface area (Å²) < 4.78 is 10.8. The van der Waals surface area contributed by atoms with E-state index >= 15 is 4.79 Å². The smallest absolute Gasteiger partial charge is 0.322 e. The molecular formula is C31H30N4O5. The molecule has 0 saturated carbocycles. The van der Waals surface area contributed by atoms with Crippen molar-refractivity contribution in [2.75, 3.05) is 41.4 Å². The summed E-state index contributed by atoms with van der Waals surface area (Å²) in [6.07, 6.45) is 3.37. The monoisotopic (exact) mass is 538 g/mol. The van der Waals surface area contributed by atoms with Crippen LogP contribution < -0.4 is 0 Å². The van der Waals surface area contributed by atoms with Gasteiger partial charge in [-0.05, 0) is 49.5 Å². The molecule has 6 rings (SSSR count). The lowest BCUT2D eigenvalue weighted by atomic mass is 9.53. The molecule has 9 nitrogen and oxygen atoms in total. The number of ketones is 1. The second kappa shape index (κ2) is 9.46. The molecule has 0 amide bonds. The number of pyridine rings is 2. The number of para-hydroxylation sites is 2. The van der Waals surface area contributed by atoms with E-state index in [4.69, 9.17) is 9.47 Å². The Morgan fingerprint density at radius 2 is 1.18 bits per heavy atom. The van der Waals surface area contributed by atoms with Crippen molar-refractivity contribution in [3.05, 3.63) is 84.2 Å². The number of nitrogens with zero attached hydrogens (tertiary/aromatic N) is 4. The van der Waals surface area contributed by atoms with Crippen LogP contribution in [0.3, 0.4) is 0 Å². The third kappa shape index (κ3) is 3.37. The van der Waals surface area contributed by atoms with Crippen LogP contribution in [0.2, 0.25) is 0 Å². The third-order valence-electron chi connectivity index (χ3n) is 8.65. The Labute approximate surface area is 231 Å². The average molecular weight is 539 g/mol. The van der Waals surface area contributed by atoms with Gasteiger partial charge >= 0.3 is 11.9 Å². The molecule has 9 heteroatoms. The van der Waals surface area contributed by atoms with E-state index < -0.39 is 40.6 Å². The van der Waals surface area contributed by atoms with Crippen molar-refractivity contribution in [1.29, 1.82) is 0 Å². The number of fused-ring (bicyclic) bond motifs is 4. The van der Waals surface area contributed by atoms with Gasteiger partial charge in [0.2, 0.25) is 0 Å². The molecule has 2 aromatic heterocycles. The lowest BCUT2D eigenvalue weighted by Gasteiger charge is -2.61. The number of benzene rings is 2. The van der Waals surface area contributed by atoms with E-state index in [0.29, 0.717) is 0 Å². The predicted molar refractivity (Wildman–Crippen MR) is 148 cm³/mol. The zero-order chi connectivity index (χ0) is 28.2. The zero-order valence-electron chi connectivity index (χ0n) is 22.8. The number of methoxy groups -OCH3 is 2. The van der Waals surface area contributed by atoms with Crippen LogP contribution in [0.1, 0.15) is 23.2 Å². The van der Waals surface area contributed by atoms with Crippen LogP contribution in [-0.2, 0) is 23.9 Å². The van der Waals surface area contributed by atoms with Crippen LogP contribution in [-0.4, -0.2) is 78.9 Å². The summed E-state index contributed by atoms with van der Waals surface area (Å²) in [5, 5.41) is 1.63. The Hall–Kier alpha value is -4.21. The highest BCUT2D eigenvalue weighted by Gasteiger charge is 2.74. The fourth-order valence-corrected chi connectivity index (χ4v) is 7.30. The van der Waals surface area contributed by atoms with Gasteiger partial charge < -0.3 is 14.4 Å². The van der Waals surface area contributed by atoms with Gasteiger partial charge in [0, 0.05) is 36.3 Å². The van der Waals surface area contributed by atoms with Gasteiger partial charge in [0.15, 0.2) is 16.6 Å². The zero-order valence-corrected chi connectivity index (χ0v) is 22.8. The molecule has 0 radical (unpaired) electrons. The predicted octanol–water partition coefficient (Wildman–Crippen LogP) is 3.34. The maximum Gasteiger partial charge on any atom is 0.322 e. The molecular weight excluding hydrogens is 508 g/mol. The lowest BCUT2D eigenvalue weighted by Crippen LogP contribution is -2.75. The van der Waals surface area contributed by atoms with Gasteiger partial charge in [-0.2, -0.15) is 0 Å². The fraction of sp³-hybridized carbons (Fsp3) is 0.323. The van der Waals surface area contributed by atoms with Gasteiger partial charge in [-0.15, -0.1) is 0 Å². The Balaban J connectivity index is 1.74. The number of likely N-dealkylation sites (tertiary alicyclic amines) is 2. The molecule has 4 atom stereocenters. The summed E-state index contributed by atoms with van der Waals surface area (Å²) in [5.41, 5.74) is -0.447. The number of carbonyl (C=O) groups is 3. The van der Waals surface area contributed by atoms with E-state index in [2.05, 4.69) is 9.97 Å². The first kappa shape index (κ1) is 26.0. The van der Waals surface area contributed by atoms with Gasteiger partial charge in [-0.25, -0.2) is 0 Å². The van der Waals surface area contributed by atoms with Gasteiger partial charge in [-0.1, -0.05) is 36.4 Å². The van der Waals surface area contributed by atoms with Crippen molar-refractivity contribution >= 4 is 39.5 Å². The summed E-state index contributed by atoms with van der Waals surface area (Å²) in [5.74, 6) is -1.87. The molecule has 2 aliphatic rings. The van der Waals surface area contributed by atoms with E-state index in [9.17, 15) is 9.59 Å². The largest absolute Gasteiger partial charge is 0.468 e. The standard InChI is InChI=1S/C31H30N4O5/c1-34-17-30(28(37)39-3)25(21-13-15-32-23-11-7-5-9-19(21)23)35(2)26(31(18-34,27(30)36)29(38)40-4)22-14-16-33-24-12-8-6-10-20(22)24/h5-16,25-26H,17-18H2,1-4H3. The molecule has 0 aliphatic carbocycles. The SMILES string of the molecule is COC(=O)C12CN(C)CC(C(=O)OC)(C1=O)C(c1ccnc3ccccc13)N(C)C2c1ccnc2ccccc12. The van der Waals surface area contributed by atoms with E-state index in [1.165, 1.54) is 14.2 Å². The highest BCUT2D eigenvalue weighted by Crippen LogP contribution is 2.61. The summed E-state index contributed by atoms with van der Waals surface area (Å²) in [6, 6.07) is 17.4. The van der Waals surface area contributed by atoms with Gasteiger partial charge in [0.25, 0.3) is 0 Å². The number of carbonyl (C=O) groups excluding carboxylic acids is 3. The summed E-state index contributed by atoms with van der Waals surface area (Å²) in [6.45, 7) is 0.152. The van der Waals surface area contributed by atoms with Crippen LogP contribution in [0.4, 0.5) is 0 Å². The maximum atomic E-state index is 15.1. The normalized spacial score (nSPS) is 27.1. The molecule has 4 aromatic rings. The van der Waals surface area contributed by atoms with E-state index in [0.717, 1.165) is 32.9 Å². The van der Waals surface area contributed by atoms with E-state index in [1.807, 2.05) is 84.6 Å². The topological polar surface area (TPSA) is 102 Å². The molecule has 4 unspecified atom stereocenters.